The summed E-state index contributed by atoms with van der Waals surface area (Å²) in [5.41, 5.74) is 1.52. The highest BCUT2D eigenvalue weighted by Gasteiger charge is 2.09. The molecule has 0 aliphatic rings. The molecule has 104 valence electrons. The first kappa shape index (κ1) is 14.4. The number of nitrogens with zero attached hydrogens (tertiary/aromatic N) is 1. The van der Waals surface area contributed by atoms with Gasteiger partial charge >= 0.3 is 0 Å². The maximum absolute atomic E-state index is 11.9. The van der Waals surface area contributed by atoms with E-state index in [9.17, 15) is 4.79 Å². The Balaban J connectivity index is 2.09. The average molecular weight is 290 g/mol. The number of hydrogen-bond acceptors (Lipinski definition) is 2. The van der Waals surface area contributed by atoms with Crippen LogP contribution in [0.5, 0.6) is 5.75 Å². The number of halogens is 1. The van der Waals surface area contributed by atoms with E-state index in [1.54, 1.807) is 32.3 Å². The molecule has 0 N–H and O–H groups in total. The maximum atomic E-state index is 11.9. The quantitative estimate of drug-likeness (QED) is 0.860. The van der Waals surface area contributed by atoms with Crippen LogP contribution in [0.4, 0.5) is 0 Å². The van der Waals surface area contributed by atoms with Gasteiger partial charge in [0.05, 0.1) is 0 Å². The summed E-state index contributed by atoms with van der Waals surface area (Å²) in [5, 5.41) is 0.674. The number of ether oxygens (including phenoxy) is 1. The fraction of sp³-hybridized carbons (Fsp3) is 0.188. The van der Waals surface area contributed by atoms with Gasteiger partial charge in [0.1, 0.15) is 12.4 Å². The van der Waals surface area contributed by atoms with Gasteiger partial charge < -0.3 is 9.64 Å². The molecule has 0 fully saturated rings. The summed E-state index contributed by atoms with van der Waals surface area (Å²) in [6.07, 6.45) is 0. The summed E-state index contributed by atoms with van der Waals surface area (Å²) in [5.74, 6) is 0.603. The van der Waals surface area contributed by atoms with Crippen LogP contribution in [0.3, 0.4) is 0 Å². The molecule has 2 rings (SSSR count). The highest BCUT2D eigenvalue weighted by Crippen LogP contribution is 2.19. The SMILES string of the molecule is CN(C)C(=O)c1cccc(OCc2ccccc2Cl)c1. The predicted octanol–water partition coefficient (Wildman–Crippen LogP) is 3.62. The summed E-state index contributed by atoms with van der Waals surface area (Å²) in [4.78, 5) is 13.4. The van der Waals surface area contributed by atoms with Crippen molar-refractivity contribution in [1.82, 2.24) is 4.90 Å². The van der Waals surface area contributed by atoms with Crippen LogP contribution in [-0.4, -0.2) is 24.9 Å². The van der Waals surface area contributed by atoms with E-state index in [1.165, 1.54) is 4.90 Å². The lowest BCUT2D eigenvalue weighted by Gasteiger charge is -2.12. The molecule has 0 radical (unpaired) electrons. The molecule has 4 heteroatoms. The second-order valence-electron chi connectivity index (χ2n) is 4.61. The maximum Gasteiger partial charge on any atom is 0.253 e. The Kier molecular flexibility index (Phi) is 4.64. The first-order valence-corrected chi connectivity index (χ1v) is 6.63. The molecule has 2 aromatic carbocycles. The molecular formula is C16H16ClNO2. The minimum atomic E-state index is -0.0480. The smallest absolute Gasteiger partial charge is 0.253 e. The Labute approximate surface area is 123 Å². The molecule has 3 nitrogen and oxygen atoms in total. The molecule has 0 aliphatic carbocycles. The Morgan fingerprint density at radius 2 is 1.90 bits per heavy atom. The molecule has 0 aromatic heterocycles. The summed E-state index contributed by atoms with van der Waals surface area (Å²) in [6, 6.07) is 14.7. The zero-order valence-corrected chi connectivity index (χ0v) is 12.2. The van der Waals surface area contributed by atoms with Crippen molar-refractivity contribution in [3.8, 4) is 5.75 Å². The van der Waals surface area contributed by atoms with Gasteiger partial charge in [0.15, 0.2) is 0 Å². The second kappa shape index (κ2) is 6.44. The lowest BCUT2D eigenvalue weighted by atomic mass is 10.2. The van der Waals surface area contributed by atoms with Crippen LogP contribution in [0.15, 0.2) is 48.5 Å². The summed E-state index contributed by atoms with van der Waals surface area (Å²) >= 11 is 6.07. The average Bonchev–Trinajstić information content (AvgIpc) is 2.46. The van der Waals surface area contributed by atoms with Crippen molar-refractivity contribution in [1.29, 1.82) is 0 Å². The van der Waals surface area contributed by atoms with Crippen LogP contribution in [0.1, 0.15) is 15.9 Å². The van der Waals surface area contributed by atoms with Crippen molar-refractivity contribution in [3.63, 3.8) is 0 Å². The van der Waals surface area contributed by atoms with E-state index in [4.69, 9.17) is 16.3 Å². The minimum absolute atomic E-state index is 0.0480. The predicted molar refractivity (Wildman–Crippen MR) is 80.2 cm³/mol. The molecule has 0 heterocycles. The van der Waals surface area contributed by atoms with Crippen molar-refractivity contribution in [3.05, 3.63) is 64.7 Å². The third-order valence-corrected chi connectivity index (χ3v) is 3.21. The van der Waals surface area contributed by atoms with Gasteiger partial charge in [-0.3, -0.25) is 4.79 Å². The van der Waals surface area contributed by atoms with Gasteiger partial charge in [-0.25, -0.2) is 0 Å². The van der Waals surface area contributed by atoms with E-state index < -0.39 is 0 Å². The van der Waals surface area contributed by atoms with E-state index in [-0.39, 0.29) is 5.91 Å². The molecule has 2 aromatic rings. The van der Waals surface area contributed by atoms with Crippen molar-refractivity contribution in [2.75, 3.05) is 14.1 Å². The van der Waals surface area contributed by atoms with E-state index in [2.05, 4.69) is 0 Å². The Morgan fingerprint density at radius 1 is 1.15 bits per heavy atom. The van der Waals surface area contributed by atoms with E-state index in [1.807, 2.05) is 30.3 Å². The number of hydrogen-bond donors (Lipinski definition) is 0. The molecule has 0 unspecified atom stereocenters. The van der Waals surface area contributed by atoms with Gasteiger partial charge in [0.2, 0.25) is 0 Å². The topological polar surface area (TPSA) is 29.5 Å². The minimum Gasteiger partial charge on any atom is -0.489 e. The third kappa shape index (κ3) is 3.52. The van der Waals surface area contributed by atoms with Crippen LogP contribution in [0.25, 0.3) is 0 Å². The van der Waals surface area contributed by atoms with E-state index in [0.717, 1.165) is 5.56 Å². The highest BCUT2D eigenvalue weighted by atomic mass is 35.5. The molecule has 0 spiro atoms. The van der Waals surface area contributed by atoms with Gasteiger partial charge in [0, 0.05) is 30.2 Å². The molecule has 20 heavy (non-hydrogen) atoms. The number of carbonyl (C=O) groups is 1. The Hall–Kier alpha value is -2.00. The summed E-state index contributed by atoms with van der Waals surface area (Å²) in [6.45, 7) is 0.374. The van der Waals surface area contributed by atoms with Gasteiger partial charge in [0.25, 0.3) is 5.91 Å². The molecule has 0 bridgehead atoms. The second-order valence-corrected chi connectivity index (χ2v) is 5.01. The van der Waals surface area contributed by atoms with Crippen LogP contribution < -0.4 is 4.74 Å². The van der Waals surface area contributed by atoms with Crippen molar-refractivity contribution < 1.29 is 9.53 Å². The monoisotopic (exact) mass is 289 g/mol. The standard InChI is InChI=1S/C16H16ClNO2/c1-18(2)16(19)12-7-5-8-14(10-12)20-11-13-6-3-4-9-15(13)17/h3-10H,11H2,1-2H3. The largest absolute Gasteiger partial charge is 0.489 e. The fourth-order valence-corrected chi connectivity index (χ4v) is 1.94. The lowest BCUT2D eigenvalue weighted by Crippen LogP contribution is -2.21. The Morgan fingerprint density at radius 3 is 2.60 bits per heavy atom. The molecule has 0 saturated heterocycles. The first-order chi connectivity index (χ1) is 9.58. The van der Waals surface area contributed by atoms with Crippen LogP contribution in [0.2, 0.25) is 5.02 Å². The van der Waals surface area contributed by atoms with E-state index >= 15 is 0 Å². The first-order valence-electron chi connectivity index (χ1n) is 6.26. The molecular weight excluding hydrogens is 274 g/mol. The fourth-order valence-electron chi connectivity index (χ4n) is 1.75. The van der Waals surface area contributed by atoms with Crippen molar-refractivity contribution in [2.24, 2.45) is 0 Å². The van der Waals surface area contributed by atoms with Crippen LogP contribution in [0, 0.1) is 0 Å². The van der Waals surface area contributed by atoms with Crippen molar-refractivity contribution >= 4 is 17.5 Å². The normalized spacial score (nSPS) is 10.2. The third-order valence-electron chi connectivity index (χ3n) is 2.84. The van der Waals surface area contributed by atoms with E-state index in [0.29, 0.717) is 22.9 Å². The van der Waals surface area contributed by atoms with Crippen LogP contribution >= 0.6 is 11.6 Å². The zero-order chi connectivity index (χ0) is 14.5. The zero-order valence-electron chi connectivity index (χ0n) is 11.5. The number of carbonyl (C=O) groups excluding carboxylic acids is 1. The summed E-state index contributed by atoms with van der Waals surface area (Å²) in [7, 11) is 3.44. The number of benzene rings is 2. The molecule has 0 atom stereocenters. The highest BCUT2D eigenvalue weighted by molar-refractivity contribution is 6.31. The molecule has 0 aliphatic heterocycles. The number of amides is 1. The summed E-state index contributed by atoms with van der Waals surface area (Å²) < 4.78 is 5.69. The van der Waals surface area contributed by atoms with Gasteiger partial charge in [-0.15, -0.1) is 0 Å². The number of rotatable bonds is 4. The van der Waals surface area contributed by atoms with Crippen molar-refractivity contribution in [2.45, 2.75) is 6.61 Å². The lowest BCUT2D eigenvalue weighted by molar-refractivity contribution is 0.0827. The van der Waals surface area contributed by atoms with Gasteiger partial charge in [-0.05, 0) is 24.3 Å². The molecule has 0 saturated carbocycles. The van der Waals surface area contributed by atoms with Gasteiger partial charge in [-0.1, -0.05) is 35.9 Å². The Bertz CT molecular complexity index is 611. The van der Waals surface area contributed by atoms with Crippen LogP contribution in [-0.2, 0) is 6.61 Å². The molecule has 1 amide bonds. The van der Waals surface area contributed by atoms with Gasteiger partial charge in [-0.2, -0.15) is 0 Å².